The maximum atomic E-state index is 13.1. The van der Waals surface area contributed by atoms with Crippen molar-refractivity contribution in [1.82, 2.24) is 5.32 Å². The standard InChI is InChI=1S/C16H19F2NOS/c1-11(2)8-19-9-13-4-5-14(21-13)10-20-12-3-6-15(17)16(18)7-12/h3-7,11,19H,8-10H2,1-2H3. The zero-order valence-corrected chi connectivity index (χ0v) is 13.0. The van der Waals surface area contributed by atoms with E-state index < -0.39 is 11.6 Å². The van der Waals surface area contributed by atoms with Crippen molar-refractivity contribution in [1.29, 1.82) is 0 Å². The minimum Gasteiger partial charge on any atom is -0.488 e. The lowest BCUT2D eigenvalue weighted by Gasteiger charge is -2.06. The summed E-state index contributed by atoms with van der Waals surface area (Å²) in [5, 5.41) is 3.38. The van der Waals surface area contributed by atoms with E-state index in [0.717, 1.165) is 30.1 Å². The van der Waals surface area contributed by atoms with Crippen molar-refractivity contribution in [3.8, 4) is 5.75 Å². The summed E-state index contributed by atoms with van der Waals surface area (Å²) in [7, 11) is 0. The van der Waals surface area contributed by atoms with Gasteiger partial charge in [-0.15, -0.1) is 11.3 Å². The van der Waals surface area contributed by atoms with Gasteiger partial charge in [-0.3, -0.25) is 0 Å². The SMILES string of the molecule is CC(C)CNCc1ccc(COc2ccc(F)c(F)c2)s1. The van der Waals surface area contributed by atoms with Gasteiger partial charge in [0.1, 0.15) is 12.4 Å². The monoisotopic (exact) mass is 311 g/mol. The zero-order valence-electron chi connectivity index (χ0n) is 12.2. The highest BCUT2D eigenvalue weighted by Crippen LogP contribution is 2.20. The first-order valence-corrected chi connectivity index (χ1v) is 7.72. The van der Waals surface area contributed by atoms with Crippen molar-refractivity contribution in [3.05, 3.63) is 51.7 Å². The number of halogens is 2. The summed E-state index contributed by atoms with van der Waals surface area (Å²) in [6.07, 6.45) is 0. The molecule has 21 heavy (non-hydrogen) atoms. The van der Waals surface area contributed by atoms with Crippen LogP contribution in [0.2, 0.25) is 0 Å². The van der Waals surface area contributed by atoms with Crippen molar-refractivity contribution in [2.24, 2.45) is 5.92 Å². The molecule has 2 rings (SSSR count). The molecule has 1 aromatic heterocycles. The van der Waals surface area contributed by atoms with Crippen molar-refractivity contribution >= 4 is 11.3 Å². The number of thiophene rings is 1. The highest BCUT2D eigenvalue weighted by Gasteiger charge is 2.05. The molecule has 0 aliphatic heterocycles. The average molecular weight is 311 g/mol. The maximum Gasteiger partial charge on any atom is 0.162 e. The predicted molar refractivity (Wildman–Crippen MR) is 81.6 cm³/mol. The van der Waals surface area contributed by atoms with E-state index >= 15 is 0 Å². The lowest BCUT2D eigenvalue weighted by Crippen LogP contribution is -2.18. The van der Waals surface area contributed by atoms with E-state index in [0.29, 0.717) is 18.3 Å². The van der Waals surface area contributed by atoms with E-state index in [1.54, 1.807) is 11.3 Å². The summed E-state index contributed by atoms with van der Waals surface area (Å²) in [5.41, 5.74) is 0. The van der Waals surface area contributed by atoms with Crippen LogP contribution in [-0.2, 0) is 13.2 Å². The third kappa shape index (κ3) is 5.10. The fourth-order valence-corrected chi connectivity index (χ4v) is 2.70. The molecule has 2 aromatic rings. The van der Waals surface area contributed by atoms with Gasteiger partial charge in [-0.2, -0.15) is 0 Å². The molecule has 0 radical (unpaired) electrons. The van der Waals surface area contributed by atoms with Crippen LogP contribution in [0.4, 0.5) is 8.78 Å². The first-order chi connectivity index (χ1) is 10.0. The van der Waals surface area contributed by atoms with Gasteiger partial charge in [-0.05, 0) is 36.7 Å². The Labute approximate surface area is 127 Å². The molecule has 0 saturated heterocycles. The number of benzene rings is 1. The second kappa shape index (κ2) is 7.52. The highest BCUT2D eigenvalue weighted by molar-refractivity contribution is 7.11. The Balaban J connectivity index is 1.83. The molecule has 0 aliphatic rings. The summed E-state index contributed by atoms with van der Waals surface area (Å²) >= 11 is 1.66. The lowest BCUT2D eigenvalue weighted by atomic mass is 10.2. The third-order valence-corrected chi connectivity index (χ3v) is 3.90. The molecule has 0 bridgehead atoms. The molecule has 5 heteroatoms. The van der Waals surface area contributed by atoms with E-state index in [4.69, 9.17) is 4.74 Å². The third-order valence-electron chi connectivity index (χ3n) is 2.84. The van der Waals surface area contributed by atoms with Crippen LogP contribution in [0.5, 0.6) is 5.75 Å². The zero-order chi connectivity index (χ0) is 15.2. The lowest BCUT2D eigenvalue weighted by molar-refractivity contribution is 0.307. The van der Waals surface area contributed by atoms with E-state index in [9.17, 15) is 8.78 Å². The van der Waals surface area contributed by atoms with E-state index in [2.05, 4.69) is 25.2 Å². The van der Waals surface area contributed by atoms with Crippen LogP contribution < -0.4 is 10.1 Å². The van der Waals surface area contributed by atoms with Crippen LogP contribution in [0.25, 0.3) is 0 Å². The fraction of sp³-hybridized carbons (Fsp3) is 0.375. The van der Waals surface area contributed by atoms with Crippen LogP contribution in [-0.4, -0.2) is 6.54 Å². The summed E-state index contributed by atoms with van der Waals surface area (Å²) in [4.78, 5) is 2.29. The molecule has 0 amide bonds. The molecule has 1 N–H and O–H groups in total. The summed E-state index contributed by atoms with van der Waals surface area (Å²) < 4.78 is 31.3. The van der Waals surface area contributed by atoms with E-state index in [1.165, 1.54) is 10.9 Å². The Morgan fingerprint density at radius 3 is 2.57 bits per heavy atom. The molecule has 0 aliphatic carbocycles. The van der Waals surface area contributed by atoms with Crippen molar-refractivity contribution in [3.63, 3.8) is 0 Å². The Morgan fingerprint density at radius 1 is 1.10 bits per heavy atom. The first-order valence-electron chi connectivity index (χ1n) is 6.90. The molecule has 0 spiro atoms. The minimum atomic E-state index is -0.891. The second-order valence-electron chi connectivity index (χ2n) is 5.26. The van der Waals surface area contributed by atoms with Crippen LogP contribution >= 0.6 is 11.3 Å². The van der Waals surface area contributed by atoms with Crippen molar-refractivity contribution in [2.45, 2.75) is 27.0 Å². The molecule has 0 saturated carbocycles. The molecular weight excluding hydrogens is 292 g/mol. The number of hydrogen-bond donors (Lipinski definition) is 1. The Hall–Kier alpha value is -1.46. The smallest absolute Gasteiger partial charge is 0.162 e. The van der Waals surface area contributed by atoms with Gasteiger partial charge >= 0.3 is 0 Å². The van der Waals surface area contributed by atoms with Gasteiger partial charge in [-0.25, -0.2) is 8.78 Å². The quantitative estimate of drug-likeness (QED) is 0.821. The molecule has 0 fully saturated rings. The minimum absolute atomic E-state index is 0.335. The summed E-state index contributed by atoms with van der Waals surface area (Å²) in [5.74, 6) is -0.794. The number of rotatable bonds is 7. The predicted octanol–water partition coefficient (Wildman–Crippen LogP) is 4.35. The molecular formula is C16H19F2NOS. The van der Waals surface area contributed by atoms with E-state index in [-0.39, 0.29) is 0 Å². The Kier molecular flexibility index (Phi) is 5.70. The number of hydrogen-bond acceptors (Lipinski definition) is 3. The molecule has 114 valence electrons. The molecule has 1 heterocycles. The normalized spacial score (nSPS) is 11.1. The molecule has 2 nitrogen and oxygen atoms in total. The summed E-state index contributed by atoms with van der Waals surface area (Å²) in [6.45, 7) is 6.53. The first kappa shape index (κ1) is 15.9. The van der Waals surface area contributed by atoms with Crippen LogP contribution in [0, 0.1) is 17.6 Å². The van der Waals surface area contributed by atoms with E-state index in [1.807, 2.05) is 6.07 Å². The Morgan fingerprint density at radius 2 is 1.86 bits per heavy atom. The van der Waals surface area contributed by atoms with Gasteiger partial charge in [0.05, 0.1) is 0 Å². The Bertz CT molecular complexity index is 583. The number of ether oxygens (including phenoxy) is 1. The van der Waals surface area contributed by atoms with Crippen LogP contribution in [0.1, 0.15) is 23.6 Å². The maximum absolute atomic E-state index is 13.1. The second-order valence-corrected chi connectivity index (χ2v) is 6.51. The van der Waals surface area contributed by atoms with Gasteiger partial charge in [0.15, 0.2) is 11.6 Å². The van der Waals surface area contributed by atoms with Crippen molar-refractivity contribution in [2.75, 3.05) is 6.54 Å². The van der Waals surface area contributed by atoms with Crippen LogP contribution in [0.3, 0.4) is 0 Å². The molecule has 0 atom stereocenters. The van der Waals surface area contributed by atoms with Gasteiger partial charge in [-0.1, -0.05) is 13.8 Å². The summed E-state index contributed by atoms with van der Waals surface area (Å²) in [6, 6.07) is 7.62. The highest BCUT2D eigenvalue weighted by atomic mass is 32.1. The fourth-order valence-electron chi connectivity index (χ4n) is 1.80. The van der Waals surface area contributed by atoms with Crippen molar-refractivity contribution < 1.29 is 13.5 Å². The van der Waals surface area contributed by atoms with Gasteiger partial charge in [0.2, 0.25) is 0 Å². The largest absolute Gasteiger partial charge is 0.488 e. The van der Waals surface area contributed by atoms with Gasteiger partial charge < -0.3 is 10.1 Å². The topological polar surface area (TPSA) is 21.3 Å². The van der Waals surface area contributed by atoms with Gasteiger partial charge in [0, 0.05) is 22.4 Å². The molecule has 1 aromatic carbocycles. The average Bonchev–Trinajstić information content (AvgIpc) is 2.88. The van der Waals surface area contributed by atoms with Gasteiger partial charge in [0.25, 0.3) is 0 Å². The number of nitrogens with one attached hydrogen (secondary N) is 1. The van der Waals surface area contributed by atoms with Crippen LogP contribution in [0.15, 0.2) is 30.3 Å². The molecule has 0 unspecified atom stereocenters.